The zero-order valence-electron chi connectivity index (χ0n) is 16.0. The van der Waals surface area contributed by atoms with Crippen molar-refractivity contribution in [1.82, 2.24) is 10.2 Å². The molecule has 0 spiro atoms. The summed E-state index contributed by atoms with van der Waals surface area (Å²) < 4.78 is 5.31. The lowest BCUT2D eigenvalue weighted by atomic mass is 10.1. The zero-order chi connectivity index (χ0) is 17.9. The summed E-state index contributed by atoms with van der Waals surface area (Å²) in [5.74, 6) is 1.27. The average molecular weight is 401 g/mol. The molecule has 1 atom stereocenters. The van der Waals surface area contributed by atoms with Gasteiger partial charge in [-0.15, -0.1) is 24.2 Å². The van der Waals surface area contributed by atoms with Crippen molar-refractivity contribution < 1.29 is 9.53 Å². The van der Waals surface area contributed by atoms with Crippen LogP contribution in [0, 0.1) is 0 Å². The number of amides is 1. The first-order chi connectivity index (χ1) is 12.2. The van der Waals surface area contributed by atoms with Crippen molar-refractivity contribution in [2.24, 2.45) is 0 Å². The van der Waals surface area contributed by atoms with Crippen molar-refractivity contribution in [2.75, 3.05) is 38.6 Å². The molecule has 26 heavy (non-hydrogen) atoms. The molecule has 1 unspecified atom stereocenters. The molecule has 2 rings (SSSR count). The number of nitrogens with one attached hydrogen (secondary N) is 1. The number of ether oxygens (including phenoxy) is 1. The summed E-state index contributed by atoms with van der Waals surface area (Å²) in [6.45, 7) is 7.87. The Hall–Kier alpha value is -0.750. The van der Waals surface area contributed by atoms with Crippen LogP contribution in [0.4, 0.5) is 0 Å². The van der Waals surface area contributed by atoms with Gasteiger partial charge in [-0.3, -0.25) is 9.69 Å². The van der Waals surface area contributed by atoms with Gasteiger partial charge in [-0.25, -0.2) is 0 Å². The Labute approximate surface area is 168 Å². The molecule has 1 aliphatic heterocycles. The maximum atomic E-state index is 12.2. The summed E-state index contributed by atoms with van der Waals surface area (Å²) in [6.07, 6.45) is 5.23. The van der Waals surface area contributed by atoms with Crippen molar-refractivity contribution in [3.8, 4) is 0 Å². The second-order valence-corrected chi connectivity index (χ2v) is 7.82. The Balaban J connectivity index is 0.00000338. The van der Waals surface area contributed by atoms with Gasteiger partial charge in [0.2, 0.25) is 5.91 Å². The smallest absolute Gasteiger partial charge is 0.234 e. The van der Waals surface area contributed by atoms with E-state index in [0.29, 0.717) is 6.54 Å². The van der Waals surface area contributed by atoms with Gasteiger partial charge in [0.25, 0.3) is 0 Å². The summed E-state index contributed by atoms with van der Waals surface area (Å²) in [5, 5.41) is 3.10. The second-order valence-electron chi connectivity index (χ2n) is 6.66. The number of rotatable bonds is 10. The summed E-state index contributed by atoms with van der Waals surface area (Å²) in [6, 6.07) is 8.65. The number of carbonyl (C=O) groups excluding carboxylic acids is 1. The number of thioether (sulfide) groups is 1. The molecule has 1 aromatic rings. The average Bonchev–Trinajstić information content (AvgIpc) is 2.63. The fourth-order valence-electron chi connectivity index (χ4n) is 2.90. The van der Waals surface area contributed by atoms with E-state index in [1.165, 1.54) is 36.3 Å². The maximum Gasteiger partial charge on any atom is 0.234 e. The third-order valence-corrected chi connectivity index (χ3v) is 5.59. The molecule has 0 bridgehead atoms. The van der Waals surface area contributed by atoms with E-state index in [9.17, 15) is 4.79 Å². The van der Waals surface area contributed by atoms with Crippen molar-refractivity contribution in [3.63, 3.8) is 0 Å². The molecule has 4 nitrogen and oxygen atoms in total. The number of benzene rings is 1. The second kappa shape index (κ2) is 13.4. The normalized spacial score (nSPS) is 15.9. The van der Waals surface area contributed by atoms with Crippen LogP contribution in [0.15, 0.2) is 29.2 Å². The van der Waals surface area contributed by atoms with Crippen LogP contribution < -0.4 is 5.32 Å². The number of hydrogen-bond acceptors (Lipinski definition) is 4. The third-order valence-electron chi connectivity index (χ3n) is 4.50. The lowest BCUT2D eigenvalue weighted by Gasteiger charge is -2.26. The molecule has 1 fully saturated rings. The first-order valence-corrected chi connectivity index (χ1v) is 10.5. The summed E-state index contributed by atoms with van der Waals surface area (Å²) in [5.41, 5.74) is 1.16. The van der Waals surface area contributed by atoms with Crippen LogP contribution in [0.1, 0.15) is 51.1 Å². The van der Waals surface area contributed by atoms with Gasteiger partial charge in [0, 0.05) is 18.0 Å². The zero-order valence-corrected chi connectivity index (χ0v) is 17.7. The third kappa shape index (κ3) is 8.76. The molecule has 148 valence electrons. The monoisotopic (exact) mass is 400 g/mol. The minimum absolute atomic E-state index is 0. The van der Waals surface area contributed by atoms with Crippen LogP contribution in [-0.2, 0) is 9.53 Å². The Morgan fingerprint density at radius 2 is 1.88 bits per heavy atom. The SMILES string of the molecule is CCCCCCSc1ccc(C(C)NC(=O)CN2CCOCC2)cc1.Cl. The number of halogens is 1. The van der Waals surface area contributed by atoms with Crippen molar-refractivity contribution in [1.29, 1.82) is 0 Å². The Morgan fingerprint density at radius 3 is 2.54 bits per heavy atom. The first kappa shape index (κ1) is 23.3. The lowest BCUT2D eigenvalue weighted by Crippen LogP contribution is -2.43. The quantitative estimate of drug-likeness (QED) is 0.470. The number of unbranched alkanes of at least 4 members (excludes halogenated alkanes) is 3. The van der Waals surface area contributed by atoms with Crippen LogP contribution in [0.5, 0.6) is 0 Å². The van der Waals surface area contributed by atoms with Crippen LogP contribution in [-0.4, -0.2) is 49.4 Å². The maximum absolute atomic E-state index is 12.2. The van der Waals surface area contributed by atoms with Gasteiger partial charge in [-0.2, -0.15) is 0 Å². The van der Waals surface area contributed by atoms with Crippen LogP contribution in [0.25, 0.3) is 0 Å². The van der Waals surface area contributed by atoms with Gasteiger partial charge in [0.15, 0.2) is 0 Å². The highest BCUT2D eigenvalue weighted by atomic mass is 35.5. The highest BCUT2D eigenvalue weighted by molar-refractivity contribution is 7.99. The number of carbonyl (C=O) groups is 1. The van der Waals surface area contributed by atoms with Gasteiger partial charge in [-0.1, -0.05) is 38.3 Å². The largest absolute Gasteiger partial charge is 0.379 e. The van der Waals surface area contributed by atoms with Gasteiger partial charge in [-0.05, 0) is 36.8 Å². The van der Waals surface area contributed by atoms with Gasteiger partial charge in [0.1, 0.15) is 0 Å². The summed E-state index contributed by atoms with van der Waals surface area (Å²) in [4.78, 5) is 15.6. The number of hydrogen-bond donors (Lipinski definition) is 1. The minimum Gasteiger partial charge on any atom is -0.379 e. The van der Waals surface area contributed by atoms with Gasteiger partial charge in [0.05, 0.1) is 25.8 Å². The number of morpholine rings is 1. The molecule has 0 saturated carbocycles. The molecule has 1 saturated heterocycles. The highest BCUT2D eigenvalue weighted by Crippen LogP contribution is 2.22. The molecule has 1 amide bonds. The predicted molar refractivity (Wildman–Crippen MR) is 112 cm³/mol. The molecule has 6 heteroatoms. The summed E-state index contributed by atoms with van der Waals surface area (Å²) >= 11 is 1.92. The highest BCUT2D eigenvalue weighted by Gasteiger charge is 2.16. The number of nitrogens with zero attached hydrogens (tertiary/aromatic N) is 1. The van der Waals surface area contributed by atoms with Gasteiger partial charge >= 0.3 is 0 Å². The van der Waals surface area contributed by atoms with Crippen LogP contribution in [0.2, 0.25) is 0 Å². The molecule has 0 aromatic heterocycles. The fourth-order valence-corrected chi connectivity index (χ4v) is 3.82. The van der Waals surface area contributed by atoms with Gasteiger partial charge < -0.3 is 10.1 Å². The predicted octanol–water partition coefficient (Wildman–Crippen LogP) is 4.29. The molecule has 1 aliphatic rings. The standard InChI is InChI=1S/C20H32N2O2S.ClH/c1-3-4-5-6-15-25-19-9-7-18(8-10-19)17(2)21-20(23)16-22-11-13-24-14-12-22;/h7-10,17H,3-6,11-16H2,1-2H3,(H,21,23);1H. The summed E-state index contributed by atoms with van der Waals surface area (Å²) in [7, 11) is 0. The minimum atomic E-state index is 0. The van der Waals surface area contributed by atoms with E-state index in [2.05, 4.69) is 41.4 Å². The first-order valence-electron chi connectivity index (χ1n) is 9.51. The lowest BCUT2D eigenvalue weighted by molar-refractivity contribution is -0.123. The topological polar surface area (TPSA) is 41.6 Å². The Kier molecular flexibility index (Phi) is 12.0. The molecular formula is C20H33ClN2O2S. The van der Waals surface area contributed by atoms with E-state index in [1.807, 2.05) is 18.7 Å². The molecular weight excluding hydrogens is 368 g/mol. The Morgan fingerprint density at radius 1 is 1.19 bits per heavy atom. The van der Waals surface area contributed by atoms with Crippen molar-refractivity contribution in [3.05, 3.63) is 29.8 Å². The molecule has 1 heterocycles. The van der Waals surface area contributed by atoms with Crippen molar-refractivity contribution >= 4 is 30.1 Å². The molecule has 0 aliphatic carbocycles. The molecule has 1 aromatic carbocycles. The van der Waals surface area contributed by atoms with E-state index in [0.717, 1.165) is 31.9 Å². The fraction of sp³-hybridized carbons (Fsp3) is 0.650. The van der Waals surface area contributed by atoms with E-state index >= 15 is 0 Å². The van der Waals surface area contributed by atoms with Crippen LogP contribution >= 0.6 is 24.2 Å². The van der Waals surface area contributed by atoms with E-state index in [-0.39, 0.29) is 24.4 Å². The Bertz CT molecular complexity index is 507. The molecule has 0 radical (unpaired) electrons. The van der Waals surface area contributed by atoms with E-state index in [1.54, 1.807) is 0 Å². The van der Waals surface area contributed by atoms with Crippen molar-refractivity contribution in [2.45, 2.75) is 50.5 Å². The molecule has 1 N–H and O–H groups in total. The van der Waals surface area contributed by atoms with E-state index in [4.69, 9.17) is 4.74 Å². The van der Waals surface area contributed by atoms with Crippen LogP contribution in [0.3, 0.4) is 0 Å². The van der Waals surface area contributed by atoms with E-state index < -0.39 is 0 Å².